The highest BCUT2D eigenvalue weighted by Gasteiger charge is 2.29. The van der Waals surface area contributed by atoms with E-state index in [-0.39, 0.29) is 47.9 Å². The number of rotatable bonds is 4. The first-order valence-electron chi connectivity index (χ1n) is 7.80. The molecule has 3 rings (SSSR count). The summed E-state index contributed by atoms with van der Waals surface area (Å²) in [6, 6.07) is 6.06. The quantitative estimate of drug-likeness (QED) is 0.748. The van der Waals surface area contributed by atoms with Crippen LogP contribution in [0, 0.1) is 5.82 Å². The van der Waals surface area contributed by atoms with E-state index in [1.54, 1.807) is 0 Å². The molecule has 0 spiro atoms. The zero-order valence-electron chi connectivity index (χ0n) is 13.8. The molecule has 1 aromatic heterocycles. The maximum Gasteiger partial charge on any atom is 0.258 e. The van der Waals surface area contributed by atoms with Crippen LogP contribution in [0.5, 0.6) is 0 Å². The maximum absolute atomic E-state index is 14.2. The molecular formula is C16H14Cl2FN3O4S. The van der Waals surface area contributed by atoms with Crippen LogP contribution in [-0.4, -0.2) is 49.9 Å². The van der Waals surface area contributed by atoms with Crippen molar-refractivity contribution in [1.82, 2.24) is 9.29 Å². The molecule has 1 fully saturated rings. The van der Waals surface area contributed by atoms with E-state index in [4.69, 9.17) is 27.9 Å². The smallest absolute Gasteiger partial charge is 0.258 e. The van der Waals surface area contributed by atoms with E-state index >= 15 is 0 Å². The Hall–Kier alpha value is -1.78. The lowest BCUT2D eigenvalue weighted by atomic mass is 10.2. The average molecular weight is 434 g/mol. The Morgan fingerprint density at radius 3 is 2.56 bits per heavy atom. The van der Waals surface area contributed by atoms with E-state index in [2.05, 4.69) is 10.3 Å². The van der Waals surface area contributed by atoms with Crippen LogP contribution >= 0.6 is 23.2 Å². The van der Waals surface area contributed by atoms with E-state index in [1.165, 1.54) is 18.2 Å². The minimum Gasteiger partial charge on any atom is -0.379 e. The van der Waals surface area contributed by atoms with Gasteiger partial charge in [0.15, 0.2) is 0 Å². The Morgan fingerprint density at radius 2 is 1.89 bits per heavy atom. The number of nitrogens with one attached hydrogen (secondary N) is 1. The van der Waals surface area contributed by atoms with Crippen LogP contribution in [0.3, 0.4) is 0 Å². The Morgan fingerprint density at radius 1 is 1.19 bits per heavy atom. The molecule has 1 aromatic carbocycles. The van der Waals surface area contributed by atoms with Gasteiger partial charge in [-0.25, -0.2) is 17.8 Å². The SMILES string of the molecule is O=C(Nc1ccc(F)c(S(=O)(=O)N2CCOCC2)c1)c1ccc(Cl)nc1Cl. The van der Waals surface area contributed by atoms with Crippen LogP contribution in [0.1, 0.15) is 10.4 Å². The van der Waals surface area contributed by atoms with Gasteiger partial charge in [-0.3, -0.25) is 4.79 Å². The van der Waals surface area contributed by atoms with Crippen molar-refractivity contribution in [3.8, 4) is 0 Å². The first-order chi connectivity index (χ1) is 12.8. The van der Waals surface area contributed by atoms with Crippen LogP contribution in [0.25, 0.3) is 0 Å². The molecule has 11 heteroatoms. The molecule has 144 valence electrons. The lowest BCUT2D eigenvalue weighted by molar-refractivity contribution is 0.0729. The van der Waals surface area contributed by atoms with Gasteiger partial charge in [-0.1, -0.05) is 23.2 Å². The van der Waals surface area contributed by atoms with E-state index in [0.29, 0.717) is 0 Å². The number of nitrogens with zero attached hydrogens (tertiary/aromatic N) is 2. The van der Waals surface area contributed by atoms with Gasteiger partial charge in [-0.2, -0.15) is 4.31 Å². The van der Waals surface area contributed by atoms with Gasteiger partial charge in [0, 0.05) is 18.8 Å². The second kappa shape index (κ2) is 8.07. The Bertz CT molecular complexity index is 982. The van der Waals surface area contributed by atoms with Crippen molar-refractivity contribution in [3.63, 3.8) is 0 Å². The summed E-state index contributed by atoms with van der Waals surface area (Å²) < 4.78 is 45.8. The molecule has 27 heavy (non-hydrogen) atoms. The lowest BCUT2D eigenvalue weighted by Crippen LogP contribution is -2.40. The molecule has 0 aliphatic carbocycles. The molecular weight excluding hydrogens is 420 g/mol. The third-order valence-electron chi connectivity index (χ3n) is 3.84. The zero-order valence-corrected chi connectivity index (χ0v) is 16.1. The van der Waals surface area contributed by atoms with Crippen molar-refractivity contribution in [2.24, 2.45) is 0 Å². The minimum absolute atomic E-state index is 0.0444. The van der Waals surface area contributed by atoms with Crippen LogP contribution in [0.15, 0.2) is 35.2 Å². The number of morpholine rings is 1. The van der Waals surface area contributed by atoms with Gasteiger partial charge in [0.2, 0.25) is 10.0 Å². The van der Waals surface area contributed by atoms with Crippen LogP contribution in [-0.2, 0) is 14.8 Å². The van der Waals surface area contributed by atoms with Crippen LogP contribution in [0.4, 0.5) is 10.1 Å². The van der Waals surface area contributed by atoms with Crippen LogP contribution < -0.4 is 5.32 Å². The number of anilines is 1. The number of benzene rings is 1. The summed E-state index contributed by atoms with van der Waals surface area (Å²) in [5.74, 6) is -1.55. The summed E-state index contributed by atoms with van der Waals surface area (Å²) in [6.07, 6.45) is 0. The van der Waals surface area contributed by atoms with Gasteiger partial charge in [-0.05, 0) is 30.3 Å². The first kappa shape index (κ1) is 20.0. The molecule has 1 amide bonds. The number of aromatic nitrogens is 1. The predicted octanol–water partition coefficient (Wildman–Crippen LogP) is 2.80. The number of hydrogen-bond acceptors (Lipinski definition) is 5. The average Bonchev–Trinajstić information content (AvgIpc) is 2.63. The minimum atomic E-state index is -4.06. The number of amides is 1. The monoisotopic (exact) mass is 433 g/mol. The number of carbonyl (C=O) groups is 1. The Kier molecular flexibility index (Phi) is 5.97. The van der Waals surface area contributed by atoms with Gasteiger partial charge in [0.25, 0.3) is 5.91 Å². The molecule has 2 heterocycles. The fourth-order valence-electron chi connectivity index (χ4n) is 2.48. The van der Waals surface area contributed by atoms with Crippen molar-refractivity contribution in [2.45, 2.75) is 4.90 Å². The largest absolute Gasteiger partial charge is 0.379 e. The summed E-state index contributed by atoms with van der Waals surface area (Å²) >= 11 is 11.6. The van der Waals surface area contributed by atoms with Gasteiger partial charge < -0.3 is 10.1 Å². The van der Waals surface area contributed by atoms with E-state index in [1.807, 2.05) is 0 Å². The van der Waals surface area contributed by atoms with Crippen molar-refractivity contribution in [2.75, 3.05) is 31.6 Å². The molecule has 2 aromatic rings. The molecule has 1 saturated heterocycles. The molecule has 0 atom stereocenters. The third-order valence-corrected chi connectivity index (χ3v) is 6.25. The molecule has 1 N–H and O–H groups in total. The van der Waals surface area contributed by atoms with Crippen LogP contribution in [0.2, 0.25) is 10.3 Å². The molecule has 0 radical (unpaired) electrons. The summed E-state index contributed by atoms with van der Waals surface area (Å²) in [4.78, 5) is 15.6. The number of sulfonamides is 1. The fraction of sp³-hybridized carbons (Fsp3) is 0.250. The second-order valence-corrected chi connectivity index (χ2v) is 8.24. The molecule has 7 nitrogen and oxygen atoms in total. The number of ether oxygens (including phenoxy) is 1. The Balaban J connectivity index is 1.88. The molecule has 0 bridgehead atoms. The van der Waals surface area contributed by atoms with Gasteiger partial charge in [0.1, 0.15) is 21.0 Å². The summed E-state index contributed by atoms with van der Waals surface area (Å²) in [5, 5.41) is 2.49. The number of hydrogen-bond donors (Lipinski definition) is 1. The zero-order chi connectivity index (χ0) is 19.6. The first-order valence-corrected chi connectivity index (χ1v) is 9.99. The fourth-order valence-corrected chi connectivity index (χ4v) is 4.41. The highest BCUT2D eigenvalue weighted by Crippen LogP contribution is 2.25. The molecule has 0 unspecified atom stereocenters. The summed E-state index contributed by atoms with van der Waals surface area (Å²) in [5.41, 5.74) is 0.141. The highest BCUT2D eigenvalue weighted by atomic mass is 35.5. The molecule has 0 saturated carbocycles. The normalized spacial score (nSPS) is 15.5. The number of pyridine rings is 1. The topological polar surface area (TPSA) is 88.6 Å². The van der Waals surface area contributed by atoms with E-state index in [0.717, 1.165) is 16.4 Å². The maximum atomic E-state index is 14.2. The van der Waals surface area contributed by atoms with E-state index in [9.17, 15) is 17.6 Å². The third kappa shape index (κ3) is 4.39. The highest BCUT2D eigenvalue weighted by molar-refractivity contribution is 7.89. The van der Waals surface area contributed by atoms with E-state index < -0.39 is 26.6 Å². The lowest BCUT2D eigenvalue weighted by Gasteiger charge is -2.26. The number of halogens is 3. The standard InChI is InChI=1S/C16H14Cl2FN3O4S/c17-14-4-2-11(15(18)21-14)16(23)20-10-1-3-12(19)13(9-10)27(24,25)22-5-7-26-8-6-22/h1-4,9H,5-8H2,(H,20,23). The molecule has 1 aliphatic heterocycles. The second-order valence-electron chi connectivity index (χ2n) is 5.59. The van der Waals surface area contributed by atoms with Gasteiger partial charge in [0.05, 0.1) is 18.8 Å². The predicted molar refractivity (Wildman–Crippen MR) is 98.2 cm³/mol. The summed E-state index contributed by atoms with van der Waals surface area (Å²) in [7, 11) is -4.06. The van der Waals surface area contributed by atoms with Crippen molar-refractivity contribution < 1.29 is 22.3 Å². The van der Waals surface area contributed by atoms with Gasteiger partial charge >= 0.3 is 0 Å². The Labute approximate surface area is 165 Å². The number of carbonyl (C=O) groups excluding carboxylic acids is 1. The van der Waals surface area contributed by atoms with Gasteiger partial charge in [-0.15, -0.1) is 0 Å². The van der Waals surface area contributed by atoms with Crippen molar-refractivity contribution in [3.05, 3.63) is 52.0 Å². The van der Waals surface area contributed by atoms with Crippen molar-refractivity contribution >= 4 is 44.8 Å². The summed E-state index contributed by atoms with van der Waals surface area (Å²) in [6.45, 7) is 0.730. The molecule has 1 aliphatic rings. The van der Waals surface area contributed by atoms with Crippen molar-refractivity contribution in [1.29, 1.82) is 0 Å².